The highest BCUT2D eigenvalue weighted by Gasteiger charge is 2.26. The Morgan fingerprint density at radius 3 is 2.24 bits per heavy atom. The fourth-order valence-electron chi connectivity index (χ4n) is 3.50. The number of carbonyl (C=O) groups is 1. The molecular weight excluding hydrogens is 438 g/mol. The molecule has 4 rings (SSSR count). The first-order valence-corrected chi connectivity index (χ1v) is 12.1. The molecule has 7 nitrogen and oxygen atoms in total. The van der Waals surface area contributed by atoms with E-state index in [2.05, 4.69) is 10.3 Å². The van der Waals surface area contributed by atoms with E-state index in [1.165, 1.54) is 29.4 Å². The number of carbonyl (C=O) groups excluding carboxylic acids is 1. The molecule has 0 saturated heterocycles. The molecule has 33 heavy (non-hydrogen) atoms. The van der Waals surface area contributed by atoms with Crippen LogP contribution in [0.25, 0.3) is 10.9 Å². The Kier molecular flexibility index (Phi) is 7.50. The van der Waals surface area contributed by atoms with E-state index in [0.717, 1.165) is 5.56 Å². The number of pyridine rings is 1. The summed E-state index contributed by atoms with van der Waals surface area (Å²) in [7, 11) is -2.64. The van der Waals surface area contributed by atoms with E-state index in [1.807, 2.05) is 44.2 Å². The maximum Gasteiger partial charge on any atom is 0.340 e. The topological polar surface area (TPSA) is 90.3 Å². The number of rotatable bonds is 6. The predicted molar refractivity (Wildman–Crippen MR) is 130 cm³/mol. The molecule has 8 heteroatoms. The Morgan fingerprint density at radius 1 is 1.03 bits per heavy atom. The zero-order chi connectivity index (χ0) is 24.0. The average molecular weight is 466 g/mol. The molecule has 2 heterocycles. The van der Waals surface area contributed by atoms with Crippen molar-refractivity contribution < 1.29 is 17.9 Å². The van der Waals surface area contributed by atoms with Gasteiger partial charge in [0.05, 0.1) is 17.6 Å². The number of esters is 1. The minimum atomic E-state index is -3.92. The van der Waals surface area contributed by atoms with Crippen LogP contribution >= 0.6 is 0 Å². The third-order valence-corrected chi connectivity index (χ3v) is 6.78. The van der Waals surface area contributed by atoms with Crippen LogP contribution in [0.5, 0.6) is 0 Å². The Labute approximate surface area is 194 Å². The lowest BCUT2D eigenvalue weighted by Crippen LogP contribution is -2.16. The number of hydrogen-bond acceptors (Lipinski definition) is 6. The summed E-state index contributed by atoms with van der Waals surface area (Å²) < 4.78 is 33.1. The molecule has 2 aromatic heterocycles. The summed E-state index contributed by atoms with van der Waals surface area (Å²) in [6, 6.07) is 19.5. The molecule has 172 valence electrons. The van der Waals surface area contributed by atoms with Crippen LogP contribution in [0.2, 0.25) is 0 Å². The van der Waals surface area contributed by atoms with Crippen LogP contribution in [0.3, 0.4) is 0 Å². The molecule has 0 fully saturated rings. The average Bonchev–Trinajstić information content (AvgIpc) is 3.22. The number of fused-ring (bicyclic) bond motifs is 1. The number of anilines is 1. The monoisotopic (exact) mass is 465 g/mol. The summed E-state index contributed by atoms with van der Waals surface area (Å²) in [6.45, 7) is 6.12. The number of aryl methyl sites for hydroxylation is 1. The van der Waals surface area contributed by atoms with Crippen molar-refractivity contribution in [3.05, 3.63) is 89.7 Å². The number of methoxy groups -OCH3 is 1. The Hall–Kier alpha value is -3.65. The van der Waals surface area contributed by atoms with Gasteiger partial charge in [-0.3, -0.25) is 0 Å². The molecule has 0 radical (unpaired) electrons. The fraction of sp³-hybridized carbons (Fsp3) is 0.200. The van der Waals surface area contributed by atoms with Gasteiger partial charge in [-0.15, -0.1) is 0 Å². The van der Waals surface area contributed by atoms with Crippen molar-refractivity contribution in [3.8, 4) is 0 Å². The second kappa shape index (κ2) is 10.3. The van der Waals surface area contributed by atoms with E-state index in [9.17, 15) is 13.2 Å². The second-order valence-corrected chi connectivity index (χ2v) is 8.77. The number of benzene rings is 2. The van der Waals surface area contributed by atoms with Crippen molar-refractivity contribution in [2.75, 3.05) is 12.4 Å². The smallest absolute Gasteiger partial charge is 0.340 e. The molecule has 4 aromatic rings. The molecule has 0 aliphatic carbocycles. The first-order chi connectivity index (χ1) is 15.9. The van der Waals surface area contributed by atoms with Gasteiger partial charge in [0.25, 0.3) is 10.0 Å². The Bertz CT molecular complexity index is 1350. The zero-order valence-electron chi connectivity index (χ0n) is 19.1. The van der Waals surface area contributed by atoms with Crippen molar-refractivity contribution in [1.82, 2.24) is 8.96 Å². The molecule has 0 bridgehead atoms. The number of hydrogen-bond donors (Lipinski definition) is 1. The van der Waals surface area contributed by atoms with Gasteiger partial charge in [0, 0.05) is 23.8 Å². The van der Waals surface area contributed by atoms with Gasteiger partial charge in [0.1, 0.15) is 5.52 Å². The van der Waals surface area contributed by atoms with Gasteiger partial charge in [-0.05, 0) is 30.7 Å². The van der Waals surface area contributed by atoms with Gasteiger partial charge in [-0.1, -0.05) is 62.4 Å². The van der Waals surface area contributed by atoms with Gasteiger partial charge in [0.15, 0.2) is 5.82 Å². The van der Waals surface area contributed by atoms with Crippen LogP contribution in [-0.2, 0) is 21.3 Å². The lowest BCUT2D eigenvalue weighted by molar-refractivity contribution is 0.0602. The first-order valence-electron chi connectivity index (χ1n) is 10.6. The van der Waals surface area contributed by atoms with Crippen LogP contribution in [-0.4, -0.2) is 30.5 Å². The van der Waals surface area contributed by atoms with Crippen LogP contribution < -0.4 is 5.32 Å². The quantitative estimate of drug-likeness (QED) is 0.403. The minimum Gasteiger partial charge on any atom is -0.465 e. The predicted octanol–water partition coefficient (Wildman–Crippen LogP) is 5.01. The molecule has 0 aliphatic heterocycles. The highest BCUT2D eigenvalue weighted by molar-refractivity contribution is 7.90. The van der Waals surface area contributed by atoms with Gasteiger partial charge < -0.3 is 10.1 Å². The molecular formula is C25H27N3O4S. The van der Waals surface area contributed by atoms with Crippen LogP contribution in [0.4, 0.5) is 5.82 Å². The highest BCUT2D eigenvalue weighted by atomic mass is 32.2. The minimum absolute atomic E-state index is 0.146. The lowest BCUT2D eigenvalue weighted by Gasteiger charge is -2.14. The van der Waals surface area contributed by atoms with Crippen molar-refractivity contribution in [1.29, 1.82) is 0 Å². The highest BCUT2D eigenvalue weighted by Crippen LogP contribution is 2.32. The van der Waals surface area contributed by atoms with E-state index in [4.69, 9.17) is 4.74 Å². The van der Waals surface area contributed by atoms with Crippen molar-refractivity contribution in [2.45, 2.75) is 32.2 Å². The molecule has 0 atom stereocenters. The fourth-order valence-corrected chi connectivity index (χ4v) is 5.07. The largest absolute Gasteiger partial charge is 0.465 e. The van der Waals surface area contributed by atoms with Gasteiger partial charge in [-0.25, -0.2) is 22.2 Å². The normalized spacial score (nSPS) is 10.9. The van der Waals surface area contributed by atoms with E-state index in [-0.39, 0.29) is 10.5 Å². The summed E-state index contributed by atoms with van der Waals surface area (Å²) in [5.74, 6) is -0.222. The lowest BCUT2D eigenvalue weighted by atomic mass is 10.1. The van der Waals surface area contributed by atoms with Crippen LogP contribution in [0, 0.1) is 6.92 Å². The second-order valence-electron chi connectivity index (χ2n) is 6.98. The van der Waals surface area contributed by atoms with Crippen LogP contribution in [0.15, 0.2) is 77.8 Å². The number of ether oxygens (including phenoxy) is 1. The van der Waals surface area contributed by atoms with E-state index >= 15 is 0 Å². The summed E-state index contributed by atoms with van der Waals surface area (Å²) >= 11 is 0. The molecule has 0 amide bonds. The van der Waals surface area contributed by atoms with Crippen molar-refractivity contribution in [3.63, 3.8) is 0 Å². The number of nitrogens with one attached hydrogen (secondary N) is 1. The van der Waals surface area contributed by atoms with Gasteiger partial charge in [-0.2, -0.15) is 0 Å². The third-order valence-electron chi connectivity index (χ3n) is 4.96. The number of nitrogens with zero attached hydrogens (tertiary/aromatic N) is 2. The summed E-state index contributed by atoms with van der Waals surface area (Å²) in [5.41, 5.74) is 1.98. The maximum atomic E-state index is 13.5. The van der Waals surface area contributed by atoms with Crippen molar-refractivity contribution in [2.24, 2.45) is 0 Å². The number of aromatic nitrogens is 2. The van der Waals surface area contributed by atoms with Crippen LogP contribution in [0.1, 0.15) is 35.5 Å². The standard InChI is InChI=1S/C23H21N3O4S.C2H6/c1-16-13-19-20(23(27)30-2)15-25-22(24-14-17-9-5-3-6-10-17)21(19)26(16)31(28,29)18-11-7-4-8-12-18;1-2/h3-13,15H,14H2,1-2H3,(H,24,25);1-2H3. The van der Waals surface area contributed by atoms with Gasteiger partial charge >= 0.3 is 5.97 Å². The third kappa shape index (κ3) is 4.75. The molecule has 0 saturated carbocycles. The molecule has 1 N–H and O–H groups in total. The molecule has 0 aliphatic rings. The van der Waals surface area contributed by atoms with E-state index in [0.29, 0.717) is 29.0 Å². The molecule has 0 unspecified atom stereocenters. The maximum absolute atomic E-state index is 13.5. The van der Waals surface area contributed by atoms with Gasteiger partial charge in [0.2, 0.25) is 0 Å². The SMILES string of the molecule is CC.COC(=O)c1cnc(NCc2ccccc2)c2c1cc(C)n2S(=O)(=O)c1ccccc1. The van der Waals surface area contributed by atoms with E-state index < -0.39 is 16.0 Å². The Balaban J connectivity index is 0.00000149. The molecule has 2 aromatic carbocycles. The van der Waals surface area contributed by atoms with Crippen molar-refractivity contribution >= 4 is 32.7 Å². The summed E-state index contributed by atoms with van der Waals surface area (Å²) in [6.07, 6.45) is 1.40. The summed E-state index contributed by atoms with van der Waals surface area (Å²) in [5, 5.41) is 3.67. The summed E-state index contributed by atoms with van der Waals surface area (Å²) in [4.78, 5) is 16.8. The first kappa shape index (κ1) is 24.0. The zero-order valence-corrected chi connectivity index (χ0v) is 19.9. The molecule has 0 spiro atoms. The Morgan fingerprint density at radius 2 is 1.64 bits per heavy atom. The van der Waals surface area contributed by atoms with E-state index in [1.54, 1.807) is 31.2 Å².